The van der Waals surface area contributed by atoms with E-state index in [2.05, 4.69) is 54.5 Å². The van der Waals surface area contributed by atoms with Gasteiger partial charge in [-0.25, -0.2) is 0 Å². The van der Waals surface area contributed by atoms with Crippen LogP contribution in [0.1, 0.15) is 12.5 Å². The molecule has 0 amide bonds. The highest BCUT2D eigenvalue weighted by molar-refractivity contribution is 5.16. The molecule has 0 spiro atoms. The SMILES string of the molecule is CC1CN(C)C(Cc2ccccc2)CN1. The van der Waals surface area contributed by atoms with Crippen LogP contribution < -0.4 is 5.32 Å². The standard InChI is InChI=1S/C13H20N2/c1-11-10-15(2)13(9-14-11)8-12-6-4-3-5-7-12/h3-7,11,13-14H,8-10H2,1-2H3. The van der Waals surface area contributed by atoms with Crippen LogP contribution in [0.3, 0.4) is 0 Å². The van der Waals surface area contributed by atoms with Gasteiger partial charge in [-0.2, -0.15) is 0 Å². The smallest absolute Gasteiger partial charge is 0.0258 e. The zero-order valence-corrected chi connectivity index (χ0v) is 9.61. The van der Waals surface area contributed by atoms with E-state index in [9.17, 15) is 0 Å². The van der Waals surface area contributed by atoms with Crippen LogP contribution in [0.4, 0.5) is 0 Å². The summed E-state index contributed by atoms with van der Waals surface area (Å²) in [6, 6.07) is 12.0. The lowest BCUT2D eigenvalue weighted by atomic mass is 10.0. The fraction of sp³-hybridized carbons (Fsp3) is 0.538. The molecule has 1 aliphatic rings. The lowest BCUT2D eigenvalue weighted by molar-refractivity contribution is 0.169. The molecule has 0 radical (unpaired) electrons. The third-order valence-corrected chi connectivity index (χ3v) is 3.20. The number of hydrogen-bond acceptors (Lipinski definition) is 2. The molecule has 0 aromatic heterocycles. The summed E-state index contributed by atoms with van der Waals surface area (Å²) in [5.74, 6) is 0. The Bertz CT molecular complexity index is 297. The molecule has 1 fully saturated rings. The Morgan fingerprint density at radius 3 is 2.73 bits per heavy atom. The summed E-state index contributed by atoms with van der Waals surface area (Å²) < 4.78 is 0. The lowest BCUT2D eigenvalue weighted by Gasteiger charge is -2.36. The van der Waals surface area contributed by atoms with Crippen molar-refractivity contribution in [3.63, 3.8) is 0 Å². The predicted molar refractivity (Wildman–Crippen MR) is 64.0 cm³/mol. The molecular formula is C13H20N2. The van der Waals surface area contributed by atoms with E-state index >= 15 is 0 Å². The first kappa shape index (κ1) is 10.7. The van der Waals surface area contributed by atoms with Gasteiger partial charge in [0.1, 0.15) is 0 Å². The maximum atomic E-state index is 3.54. The van der Waals surface area contributed by atoms with Crippen molar-refractivity contribution in [1.82, 2.24) is 10.2 Å². The van der Waals surface area contributed by atoms with Gasteiger partial charge in [0.05, 0.1) is 0 Å². The van der Waals surface area contributed by atoms with E-state index in [1.54, 1.807) is 0 Å². The summed E-state index contributed by atoms with van der Waals surface area (Å²) in [6.45, 7) is 4.50. The van der Waals surface area contributed by atoms with Crippen molar-refractivity contribution in [2.75, 3.05) is 20.1 Å². The highest BCUT2D eigenvalue weighted by atomic mass is 15.2. The van der Waals surface area contributed by atoms with Gasteiger partial charge in [0.25, 0.3) is 0 Å². The third-order valence-electron chi connectivity index (χ3n) is 3.20. The number of benzene rings is 1. The topological polar surface area (TPSA) is 15.3 Å². The average molecular weight is 204 g/mol. The Morgan fingerprint density at radius 1 is 1.33 bits per heavy atom. The van der Waals surface area contributed by atoms with Gasteiger partial charge in [0.15, 0.2) is 0 Å². The second-order valence-electron chi connectivity index (χ2n) is 4.59. The Kier molecular flexibility index (Phi) is 3.39. The van der Waals surface area contributed by atoms with Crippen molar-refractivity contribution >= 4 is 0 Å². The summed E-state index contributed by atoms with van der Waals surface area (Å²) in [5, 5.41) is 3.54. The molecule has 1 saturated heterocycles. The zero-order chi connectivity index (χ0) is 10.7. The fourth-order valence-electron chi connectivity index (χ4n) is 2.25. The van der Waals surface area contributed by atoms with E-state index in [0.717, 1.165) is 19.5 Å². The summed E-state index contributed by atoms with van der Waals surface area (Å²) in [5.41, 5.74) is 1.44. The largest absolute Gasteiger partial charge is 0.311 e. The molecular weight excluding hydrogens is 184 g/mol. The Labute approximate surface area is 92.3 Å². The minimum atomic E-state index is 0.627. The quantitative estimate of drug-likeness (QED) is 0.786. The van der Waals surface area contributed by atoms with E-state index in [0.29, 0.717) is 12.1 Å². The second kappa shape index (κ2) is 4.77. The van der Waals surface area contributed by atoms with Crippen molar-refractivity contribution in [2.45, 2.75) is 25.4 Å². The minimum absolute atomic E-state index is 0.627. The van der Waals surface area contributed by atoms with Gasteiger partial charge < -0.3 is 10.2 Å². The number of rotatable bonds is 2. The Balaban J connectivity index is 1.95. The van der Waals surface area contributed by atoms with E-state index in [1.165, 1.54) is 5.56 Å². The first-order valence-electron chi connectivity index (χ1n) is 5.73. The first-order valence-corrected chi connectivity index (χ1v) is 5.73. The molecule has 82 valence electrons. The molecule has 1 aromatic carbocycles. The molecule has 15 heavy (non-hydrogen) atoms. The van der Waals surface area contributed by atoms with Crippen molar-refractivity contribution in [2.24, 2.45) is 0 Å². The number of hydrogen-bond donors (Lipinski definition) is 1. The summed E-state index contributed by atoms with van der Waals surface area (Å²) in [7, 11) is 2.23. The molecule has 0 saturated carbocycles. The third kappa shape index (κ3) is 2.80. The second-order valence-corrected chi connectivity index (χ2v) is 4.59. The lowest BCUT2D eigenvalue weighted by Crippen LogP contribution is -2.54. The van der Waals surface area contributed by atoms with E-state index in [1.807, 2.05) is 0 Å². The van der Waals surface area contributed by atoms with Gasteiger partial charge in [0, 0.05) is 25.2 Å². The maximum Gasteiger partial charge on any atom is 0.0258 e. The molecule has 1 aromatic rings. The van der Waals surface area contributed by atoms with Crippen LogP contribution in [0.25, 0.3) is 0 Å². The normalized spacial score (nSPS) is 27.9. The maximum absolute atomic E-state index is 3.54. The summed E-state index contributed by atoms with van der Waals surface area (Å²) >= 11 is 0. The molecule has 1 heterocycles. The van der Waals surface area contributed by atoms with Crippen LogP contribution in [0.5, 0.6) is 0 Å². The highest BCUT2D eigenvalue weighted by Gasteiger charge is 2.22. The van der Waals surface area contributed by atoms with Gasteiger partial charge in [0.2, 0.25) is 0 Å². The van der Waals surface area contributed by atoms with Crippen LogP contribution in [-0.2, 0) is 6.42 Å². The first-order chi connectivity index (χ1) is 7.25. The molecule has 1 aliphatic heterocycles. The van der Waals surface area contributed by atoms with Gasteiger partial charge >= 0.3 is 0 Å². The van der Waals surface area contributed by atoms with Crippen molar-refractivity contribution < 1.29 is 0 Å². The molecule has 1 N–H and O–H groups in total. The van der Waals surface area contributed by atoms with Gasteiger partial charge in [-0.15, -0.1) is 0 Å². The van der Waals surface area contributed by atoms with E-state index in [-0.39, 0.29) is 0 Å². The summed E-state index contributed by atoms with van der Waals surface area (Å²) in [4.78, 5) is 2.47. The van der Waals surface area contributed by atoms with Crippen molar-refractivity contribution in [3.05, 3.63) is 35.9 Å². The molecule has 2 atom stereocenters. The molecule has 2 heteroatoms. The Morgan fingerprint density at radius 2 is 2.07 bits per heavy atom. The van der Waals surface area contributed by atoms with Crippen LogP contribution in [-0.4, -0.2) is 37.1 Å². The van der Waals surface area contributed by atoms with Crippen LogP contribution >= 0.6 is 0 Å². The predicted octanol–water partition coefficient (Wildman–Crippen LogP) is 1.52. The number of nitrogens with one attached hydrogen (secondary N) is 1. The van der Waals surface area contributed by atoms with Gasteiger partial charge in [-0.3, -0.25) is 0 Å². The highest BCUT2D eigenvalue weighted by Crippen LogP contribution is 2.10. The van der Waals surface area contributed by atoms with Gasteiger partial charge in [-0.1, -0.05) is 30.3 Å². The molecule has 0 bridgehead atoms. The van der Waals surface area contributed by atoms with E-state index in [4.69, 9.17) is 0 Å². The number of likely N-dealkylation sites (N-methyl/N-ethyl adjacent to an activating group) is 1. The van der Waals surface area contributed by atoms with Crippen LogP contribution in [0.2, 0.25) is 0 Å². The molecule has 2 rings (SSSR count). The van der Waals surface area contributed by atoms with Crippen LogP contribution in [0.15, 0.2) is 30.3 Å². The van der Waals surface area contributed by atoms with Gasteiger partial charge in [-0.05, 0) is 26.0 Å². The molecule has 2 unspecified atom stereocenters. The zero-order valence-electron chi connectivity index (χ0n) is 9.61. The monoisotopic (exact) mass is 204 g/mol. The average Bonchev–Trinajstić information content (AvgIpc) is 2.24. The molecule has 0 aliphatic carbocycles. The van der Waals surface area contributed by atoms with Crippen molar-refractivity contribution in [1.29, 1.82) is 0 Å². The summed E-state index contributed by atoms with van der Waals surface area (Å²) in [6.07, 6.45) is 1.15. The number of piperazine rings is 1. The molecule has 2 nitrogen and oxygen atoms in total. The Hall–Kier alpha value is -0.860. The minimum Gasteiger partial charge on any atom is -0.311 e. The van der Waals surface area contributed by atoms with Crippen molar-refractivity contribution in [3.8, 4) is 0 Å². The van der Waals surface area contributed by atoms with Crippen LogP contribution in [0, 0.1) is 0 Å². The fourth-order valence-corrected chi connectivity index (χ4v) is 2.25. The van der Waals surface area contributed by atoms with E-state index < -0.39 is 0 Å². The number of nitrogens with zero attached hydrogens (tertiary/aromatic N) is 1.